The van der Waals surface area contributed by atoms with Crippen molar-refractivity contribution in [3.63, 3.8) is 0 Å². The van der Waals surface area contributed by atoms with Crippen LogP contribution in [0.25, 0.3) is 10.9 Å². The number of rotatable bonds is 2. The van der Waals surface area contributed by atoms with Gasteiger partial charge in [-0.05, 0) is 43.6 Å². The Hall–Kier alpha value is -1.41. The minimum Gasteiger partial charge on any atom is -0.385 e. The standard InChI is InChI=1S/C18H23NO/c1-13(2)14-8-10-18(20,11-9-14)16-7-3-5-15-6-4-12-19-17(15)16/h3-7,12-14,20H,8-11H2,1-2H3. The van der Waals surface area contributed by atoms with E-state index in [9.17, 15) is 5.11 Å². The van der Waals surface area contributed by atoms with Crippen molar-refractivity contribution in [2.24, 2.45) is 11.8 Å². The van der Waals surface area contributed by atoms with Crippen molar-refractivity contribution in [3.8, 4) is 0 Å². The van der Waals surface area contributed by atoms with E-state index in [0.717, 1.165) is 48.1 Å². The van der Waals surface area contributed by atoms with E-state index in [0.29, 0.717) is 5.92 Å². The van der Waals surface area contributed by atoms with Crippen LogP contribution in [0.4, 0.5) is 0 Å². The SMILES string of the molecule is CC(C)C1CCC(O)(c2cccc3cccnc23)CC1. The topological polar surface area (TPSA) is 33.1 Å². The summed E-state index contributed by atoms with van der Waals surface area (Å²) in [6, 6.07) is 10.2. The molecule has 1 N–H and O–H groups in total. The average molecular weight is 269 g/mol. The normalized spacial score (nSPS) is 27.1. The Morgan fingerprint density at radius 1 is 1.15 bits per heavy atom. The van der Waals surface area contributed by atoms with Crippen LogP contribution < -0.4 is 0 Å². The molecule has 3 rings (SSSR count). The van der Waals surface area contributed by atoms with Gasteiger partial charge in [-0.3, -0.25) is 4.98 Å². The third-order valence-electron chi connectivity index (χ3n) is 4.93. The lowest BCUT2D eigenvalue weighted by Gasteiger charge is -2.38. The van der Waals surface area contributed by atoms with Crippen molar-refractivity contribution in [3.05, 3.63) is 42.1 Å². The smallest absolute Gasteiger partial charge is 0.0917 e. The second-order valence-electron chi connectivity index (χ2n) is 6.49. The largest absolute Gasteiger partial charge is 0.385 e. The molecule has 0 radical (unpaired) electrons. The number of hydrogen-bond acceptors (Lipinski definition) is 2. The summed E-state index contributed by atoms with van der Waals surface area (Å²) in [5.74, 6) is 1.46. The molecule has 1 aromatic heterocycles. The molecule has 0 aliphatic heterocycles. The molecule has 0 bridgehead atoms. The highest BCUT2D eigenvalue weighted by Crippen LogP contribution is 2.43. The average Bonchev–Trinajstić information content (AvgIpc) is 2.47. The van der Waals surface area contributed by atoms with Gasteiger partial charge >= 0.3 is 0 Å². The lowest BCUT2D eigenvalue weighted by Crippen LogP contribution is -2.33. The lowest BCUT2D eigenvalue weighted by atomic mass is 9.71. The second kappa shape index (κ2) is 5.17. The van der Waals surface area contributed by atoms with E-state index in [-0.39, 0.29) is 0 Å². The maximum Gasteiger partial charge on any atom is 0.0917 e. The maximum absolute atomic E-state index is 11.1. The van der Waals surface area contributed by atoms with Gasteiger partial charge in [0, 0.05) is 17.1 Å². The van der Waals surface area contributed by atoms with Crippen molar-refractivity contribution in [2.45, 2.75) is 45.1 Å². The minimum atomic E-state index is -0.695. The summed E-state index contributed by atoms with van der Waals surface area (Å²) in [5.41, 5.74) is 1.28. The third kappa shape index (κ3) is 2.33. The van der Waals surface area contributed by atoms with Crippen LogP contribution in [0.5, 0.6) is 0 Å². The van der Waals surface area contributed by atoms with Crippen LogP contribution in [0.15, 0.2) is 36.5 Å². The van der Waals surface area contributed by atoms with Crippen LogP contribution >= 0.6 is 0 Å². The highest BCUT2D eigenvalue weighted by atomic mass is 16.3. The molecule has 1 saturated carbocycles. The molecular weight excluding hydrogens is 246 g/mol. The molecule has 2 nitrogen and oxygen atoms in total. The Balaban J connectivity index is 1.95. The molecule has 0 atom stereocenters. The van der Waals surface area contributed by atoms with E-state index in [1.54, 1.807) is 0 Å². The predicted octanol–water partition coefficient (Wildman–Crippen LogP) is 4.27. The fourth-order valence-electron chi connectivity index (χ4n) is 3.53. The molecular formula is C18H23NO. The zero-order chi connectivity index (χ0) is 14.2. The van der Waals surface area contributed by atoms with Crippen molar-refractivity contribution in [1.29, 1.82) is 0 Å². The summed E-state index contributed by atoms with van der Waals surface area (Å²) in [6.07, 6.45) is 5.74. The zero-order valence-electron chi connectivity index (χ0n) is 12.3. The van der Waals surface area contributed by atoms with Gasteiger partial charge in [-0.15, -0.1) is 0 Å². The fourth-order valence-corrected chi connectivity index (χ4v) is 3.53. The molecule has 2 heteroatoms. The van der Waals surface area contributed by atoms with Crippen LogP contribution in [0.1, 0.15) is 45.1 Å². The molecule has 1 heterocycles. The van der Waals surface area contributed by atoms with Gasteiger partial charge in [0.05, 0.1) is 11.1 Å². The molecule has 0 saturated heterocycles. The van der Waals surface area contributed by atoms with Gasteiger partial charge in [-0.2, -0.15) is 0 Å². The number of benzene rings is 1. The Labute approximate surface area is 120 Å². The van der Waals surface area contributed by atoms with Crippen LogP contribution in [0.3, 0.4) is 0 Å². The fraction of sp³-hybridized carbons (Fsp3) is 0.500. The summed E-state index contributed by atoms with van der Waals surface area (Å²) < 4.78 is 0. The summed E-state index contributed by atoms with van der Waals surface area (Å²) >= 11 is 0. The van der Waals surface area contributed by atoms with E-state index in [1.165, 1.54) is 0 Å². The van der Waals surface area contributed by atoms with E-state index in [1.807, 2.05) is 24.4 Å². The molecule has 1 fully saturated rings. The highest BCUT2D eigenvalue weighted by molar-refractivity contribution is 5.82. The molecule has 2 aromatic rings. The first-order valence-electron chi connectivity index (χ1n) is 7.67. The van der Waals surface area contributed by atoms with Gasteiger partial charge in [0.1, 0.15) is 0 Å². The van der Waals surface area contributed by atoms with Gasteiger partial charge in [-0.25, -0.2) is 0 Å². The van der Waals surface area contributed by atoms with Gasteiger partial charge in [0.15, 0.2) is 0 Å². The number of aliphatic hydroxyl groups is 1. The number of fused-ring (bicyclic) bond motifs is 1. The summed E-state index contributed by atoms with van der Waals surface area (Å²) in [5, 5.41) is 12.2. The lowest BCUT2D eigenvalue weighted by molar-refractivity contribution is -0.0188. The molecule has 0 spiro atoms. The molecule has 0 amide bonds. The first-order chi connectivity index (χ1) is 9.60. The number of nitrogens with zero attached hydrogens (tertiary/aromatic N) is 1. The van der Waals surface area contributed by atoms with Gasteiger partial charge in [0.2, 0.25) is 0 Å². The molecule has 1 aromatic carbocycles. The number of pyridine rings is 1. The van der Waals surface area contributed by atoms with Gasteiger partial charge in [-0.1, -0.05) is 38.1 Å². The van der Waals surface area contributed by atoms with Crippen molar-refractivity contribution >= 4 is 10.9 Å². The Bertz CT molecular complexity index is 592. The van der Waals surface area contributed by atoms with E-state index in [4.69, 9.17) is 0 Å². The Morgan fingerprint density at radius 3 is 2.55 bits per heavy atom. The first-order valence-corrected chi connectivity index (χ1v) is 7.67. The Morgan fingerprint density at radius 2 is 1.85 bits per heavy atom. The summed E-state index contributed by atoms with van der Waals surface area (Å²) in [6.45, 7) is 4.57. The van der Waals surface area contributed by atoms with E-state index >= 15 is 0 Å². The molecule has 20 heavy (non-hydrogen) atoms. The highest BCUT2D eigenvalue weighted by Gasteiger charge is 2.36. The molecule has 1 aliphatic rings. The third-order valence-corrected chi connectivity index (χ3v) is 4.93. The van der Waals surface area contributed by atoms with Crippen LogP contribution in [-0.4, -0.2) is 10.1 Å². The monoisotopic (exact) mass is 269 g/mol. The van der Waals surface area contributed by atoms with Crippen molar-refractivity contribution in [1.82, 2.24) is 4.98 Å². The Kier molecular flexibility index (Phi) is 3.51. The van der Waals surface area contributed by atoms with Crippen LogP contribution in [0.2, 0.25) is 0 Å². The molecule has 1 aliphatic carbocycles. The van der Waals surface area contributed by atoms with E-state index < -0.39 is 5.60 Å². The van der Waals surface area contributed by atoms with Crippen molar-refractivity contribution in [2.75, 3.05) is 0 Å². The second-order valence-corrected chi connectivity index (χ2v) is 6.49. The molecule has 106 valence electrons. The summed E-state index contributed by atoms with van der Waals surface area (Å²) in [4.78, 5) is 4.50. The first kappa shape index (κ1) is 13.6. The molecule has 0 unspecified atom stereocenters. The summed E-state index contributed by atoms with van der Waals surface area (Å²) in [7, 11) is 0. The number of para-hydroxylation sites is 1. The number of aromatic nitrogens is 1. The predicted molar refractivity (Wildman–Crippen MR) is 82.4 cm³/mol. The van der Waals surface area contributed by atoms with Crippen LogP contribution in [-0.2, 0) is 5.60 Å². The zero-order valence-corrected chi connectivity index (χ0v) is 12.3. The van der Waals surface area contributed by atoms with E-state index in [2.05, 4.69) is 31.0 Å². The maximum atomic E-state index is 11.1. The number of hydrogen-bond donors (Lipinski definition) is 1. The van der Waals surface area contributed by atoms with Crippen molar-refractivity contribution < 1.29 is 5.11 Å². The minimum absolute atomic E-state index is 0.695. The van der Waals surface area contributed by atoms with Gasteiger partial charge in [0.25, 0.3) is 0 Å². The quantitative estimate of drug-likeness (QED) is 0.883. The van der Waals surface area contributed by atoms with Gasteiger partial charge < -0.3 is 5.11 Å². The van der Waals surface area contributed by atoms with Crippen LogP contribution in [0, 0.1) is 11.8 Å².